The van der Waals surface area contributed by atoms with Crippen molar-refractivity contribution >= 4 is 5.78 Å². The molecule has 140 valence electrons. The number of nitrogens with zero attached hydrogens (tertiary/aromatic N) is 2. The fourth-order valence-corrected chi connectivity index (χ4v) is 4.64. The summed E-state index contributed by atoms with van der Waals surface area (Å²) in [5, 5.41) is 0. The number of hydrogen-bond acceptors (Lipinski definition) is 5. The minimum atomic E-state index is 0.0861. The number of likely N-dealkylation sites (tertiary alicyclic amines) is 1. The molecule has 2 atom stereocenters. The summed E-state index contributed by atoms with van der Waals surface area (Å²) in [6.45, 7) is 3.87. The zero-order valence-corrected chi connectivity index (χ0v) is 15.1. The number of Topliss-reactive ketones (excluding diaryl/α,β-unsaturated/α-hetero) is 1. The second-order valence-electron chi connectivity index (χ2n) is 7.67. The highest BCUT2D eigenvalue weighted by molar-refractivity contribution is 5.98. The summed E-state index contributed by atoms with van der Waals surface area (Å²) in [4.78, 5) is 27.2. The maximum atomic E-state index is 12.8. The van der Waals surface area contributed by atoms with Gasteiger partial charge in [0.15, 0.2) is 17.3 Å². The summed E-state index contributed by atoms with van der Waals surface area (Å²) < 4.78 is 13.0. The first kappa shape index (κ1) is 16.6. The largest absolute Gasteiger partial charge is 0.486 e. The number of piperidine rings is 1. The summed E-state index contributed by atoms with van der Waals surface area (Å²) in [7, 11) is 0. The van der Waals surface area contributed by atoms with Gasteiger partial charge in [0.25, 0.3) is 5.56 Å². The molecule has 0 aliphatic carbocycles. The predicted octanol–water partition coefficient (Wildman–Crippen LogP) is 1.92. The van der Waals surface area contributed by atoms with Crippen LogP contribution >= 0.6 is 0 Å². The van der Waals surface area contributed by atoms with Crippen LogP contribution in [0.4, 0.5) is 0 Å². The Morgan fingerprint density at radius 1 is 1.04 bits per heavy atom. The van der Waals surface area contributed by atoms with Gasteiger partial charge in [0.05, 0.1) is 6.54 Å². The molecule has 5 rings (SSSR count). The molecular weight excluding hydrogens is 344 g/mol. The second-order valence-corrected chi connectivity index (χ2v) is 7.67. The number of fused-ring (bicyclic) bond motifs is 5. The molecule has 0 unspecified atom stereocenters. The van der Waals surface area contributed by atoms with Gasteiger partial charge in [-0.25, -0.2) is 0 Å². The Bertz CT molecular complexity index is 951. The van der Waals surface area contributed by atoms with Crippen LogP contribution in [0.3, 0.4) is 0 Å². The van der Waals surface area contributed by atoms with Crippen molar-refractivity contribution in [2.24, 2.45) is 5.92 Å². The molecule has 0 radical (unpaired) electrons. The van der Waals surface area contributed by atoms with Crippen molar-refractivity contribution < 1.29 is 14.3 Å². The number of ketones is 1. The molecule has 4 heterocycles. The van der Waals surface area contributed by atoms with Crippen molar-refractivity contribution in [3.05, 3.63) is 58.0 Å². The van der Waals surface area contributed by atoms with E-state index in [1.54, 1.807) is 12.1 Å². The van der Waals surface area contributed by atoms with E-state index in [0.717, 1.165) is 31.7 Å². The molecule has 1 saturated heterocycles. The molecule has 6 nitrogen and oxygen atoms in total. The number of rotatable bonds is 3. The van der Waals surface area contributed by atoms with Gasteiger partial charge >= 0.3 is 0 Å². The highest BCUT2D eigenvalue weighted by Crippen LogP contribution is 2.35. The van der Waals surface area contributed by atoms with Gasteiger partial charge in [-0.2, -0.15) is 0 Å². The SMILES string of the molecule is O=C(CN1C[C@@H]2C[C@H](C1)c1cccc(=O)n1C2)c1ccc2c(c1)OCCO2. The molecule has 3 aliphatic rings. The number of ether oxygens (including phenoxy) is 2. The normalized spacial score (nSPS) is 23.6. The molecule has 27 heavy (non-hydrogen) atoms. The third kappa shape index (κ3) is 3.04. The Balaban J connectivity index is 1.32. The average Bonchev–Trinajstić information content (AvgIpc) is 2.68. The van der Waals surface area contributed by atoms with Crippen molar-refractivity contribution in [3.8, 4) is 11.5 Å². The third-order valence-electron chi connectivity index (χ3n) is 5.79. The molecule has 0 N–H and O–H groups in total. The van der Waals surface area contributed by atoms with Crippen LogP contribution in [0, 0.1) is 5.92 Å². The van der Waals surface area contributed by atoms with E-state index >= 15 is 0 Å². The van der Waals surface area contributed by atoms with Crippen molar-refractivity contribution in [1.29, 1.82) is 0 Å². The van der Waals surface area contributed by atoms with Gasteiger partial charge in [0.1, 0.15) is 13.2 Å². The molecule has 1 fully saturated rings. The molecule has 2 aromatic rings. The van der Waals surface area contributed by atoms with Gasteiger partial charge in [-0.15, -0.1) is 0 Å². The first-order valence-corrected chi connectivity index (χ1v) is 9.52. The Morgan fingerprint density at radius 2 is 1.89 bits per heavy atom. The molecule has 1 aromatic carbocycles. The molecular formula is C21H22N2O4. The number of carbonyl (C=O) groups is 1. The van der Waals surface area contributed by atoms with Gasteiger partial charge in [-0.1, -0.05) is 6.07 Å². The van der Waals surface area contributed by atoms with Crippen LogP contribution in [-0.2, 0) is 6.54 Å². The first-order chi connectivity index (χ1) is 13.2. The van der Waals surface area contributed by atoms with Gasteiger partial charge in [0, 0.05) is 42.9 Å². The van der Waals surface area contributed by atoms with E-state index in [1.807, 2.05) is 22.8 Å². The minimum Gasteiger partial charge on any atom is -0.486 e. The lowest BCUT2D eigenvalue weighted by molar-refractivity contribution is 0.0816. The summed E-state index contributed by atoms with van der Waals surface area (Å²) in [5.41, 5.74) is 1.85. The highest BCUT2D eigenvalue weighted by Gasteiger charge is 2.35. The first-order valence-electron chi connectivity index (χ1n) is 9.52. The van der Waals surface area contributed by atoms with Crippen molar-refractivity contribution in [2.45, 2.75) is 18.9 Å². The molecule has 2 bridgehead atoms. The van der Waals surface area contributed by atoms with Crippen molar-refractivity contribution in [1.82, 2.24) is 9.47 Å². The number of aromatic nitrogens is 1. The fourth-order valence-electron chi connectivity index (χ4n) is 4.64. The molecule has 0 amide bonds. The van der Waals surface area contributed by atoms with Crippen LogP contribution in [0.15, 0.2) is 41.2 Å². The molecule has 3 aliphatic heterocycles. The fraction of sp³-hybridized carbons (Fsp3) is 0.429. The van der Waals surface area contributed by atoms with Crippen LogP contribution in [0.25, 0.3) is 0 Å². The van der Waals surface area contributed by atoms with Crippen LogP contribution in [0.5, 0.6) is 11.5 Å². The second kappa shape index (κ2) is 6.53. The van der Waals surface area contributed by atoms with Crippen LogP contribution in [0.2, 0.25) is 0 Å². The zero-order valence-electron chi connectivity index (χ0n) is 15.1. The number of benzene rings is 1. The van der Waals surface area contributed by atoms with E-state index in [2.05, 4.69) is 11.0 Å². The van der Waals surface area contributed by atoms with Gasteiger partial charge in [0.2, 0.25) is 0 Å². The van der Waals surface area contributed by atoms with Gasteiger partial charge in [-0.3, -0.25) is 14.5 Å². The Hall–Kier alpha value is -2.60. The lowest BCUT2D eigenvalue weighted by Crippen LogP contribution is -2.48. The monoisotopic (exact) mass is 366 g/mol. The van der Waals surface area contributed by atoms with Crippen molar-refractivity contribution in [3.63, 3.8) is 0 Å². The Kier molecular flexibility index (Phi) is 4.01. The predicted molar refractivity (Wildman–Crippen MR) is 99.8 cm³/mol. The van der Waals surface area contributed by atoms with Crippen LogP contribution < -0.4 is 15.0 Å². The maximum Gasteiger partial charge on any atom is 0.250 e. The lowest BCUT2D eigenvalue weighted by Gasteiger charge is -2.42. The quantitative estimate of drug-likeness (QED) is 0.777. The maximum absolute atomic E-state index is 12.8. The molecule has 6 heteroatoms. The summed E-state index contributed by atoms with van der Waals surface area (Å²) in [5.74, 6) is 2.18. The topological polar surface area (TPSA) is 60.8 Å². The average molecular weight is 366 g/mol. The van der Waals surface area contributed by atoms with E-state index in [4.69, 9.17) is 9.47 Å². The Labute approximate surface area is 157 Å². The molecule has 1 aromatic heterocycles. The van der Waals surface area contributed by atoms with E-state index in [0.29, 0.717) is 48.7 Å². The lowest BCUT2D eigenvalue weighted by atomic mass is 9.83. The number of hydrogen-bond donors (Lipinski definition) is 0. The highest BCUT2D eigenvalue weighted by atomic mass is 16.6. The van der Waals surface area contributed by atoms with Gasteiger partial charge < -0.3 is 14.0 Å². The summed E-state index contributed by atoms with van der Waals surface area (Å²) in [6, 6.07) is 10.9. The minimum absolute atomic E-state index is 0.0861. The standard InChI is InChI=1S/C21H22N2O4/c24-18(15-4-5-19-20(9-15)27-7-6-26-19)13-22-10-14-8-16(12-22)17-2-1-3-21(25)23(17)11-14/h1-5,9,14,16H,6-8,10-13H2/t14-,16+/m0/s1. The van der Waals surface area contributed by atoms with Crippen LogP contribution in [0.1, 0.15) is 28.4 Å². The molecule has 0 spiro atoms. The Morgan fingerprint density at radius 3 is 2.78 bits per heavy atom. The van der Waals surface area contributed by atoms with E-state index < -0.39 is 0 Å². The van der Waals surface area contributed by atoms with E-state index in [-0.39, 0.29) is 11.3 Å². The molecule has 0 saturated carbocycles. The van der Waals surface area contributed by atoms with E-state index in [1.165, 1.54) is 0 Å². The zero-order chi connectivity index (χ0) is 18.4. The summed E-state index contributed by atoms with van der Waals surface area (Å²) in [6.07, 6.45) is 1.10. The van der Waals surface area contributed by atoms with Crippen LogP contribution in [-0.4, -0.2) is 48.1 Å². The summed E-state index contributed by atoms with van der Waals surface area (Å²) >= 11 is 0. The van der Waals surface area contributed by atoms with Crippen molar-refractivity contribution in [2.75, 3.05) is 32.8 Å². The number of carbonyl (C=O) groups excluding carboxylic acids is 1. The number of pyridine rings is 1. The third-order valence-corrected chi connectivity index (χ3v) is 5.79. The smallest absolute Gasteiger partial charge is 0.250 e. The van der Waals surface area contributed by atoms with Gasteiger partial charge in [-0.05, 0) is 36.6 Å². The van der Waals surface area contributed by atoms with E-state index in [9.17, 15) is 9.59 Å².